The van der Waals surface area contributed by atoms with E-state index in [4.69, 9.17) is 0 Å². The number of sulfone groups is 1. The van der Waals surface area contributed by atoms with Crippen LogP contribution in [0.25, 0.3) is 0 Å². The fourth-order valence-electron chi connectivity index (χ4n) is 2.02. The Morgan fingerprint density at radius 3 is 2.13 bits per heavy atom. The van der Waals surface area contributed by atoms with Crippen molar-refractivity contribution in [2.24, 2.45) is 0 Å². The third kappa shape index (κ3) is 4.82. The minimum atomic E-state index is -3.23. The van der Waals surface area contributed by atoms with Gasteiger partial charge in [0, 0.05) is 17.6 Å². The summed E-state index contributed by atoms with van der Waals surface area (Å²) in [6, 6.07) is 12.0. The van der Waals surface area contributed by atoms with Gasteiger partial charge >= 0.3 is 0 Å². The zero-order chi connectivity index (χ0) is 17.0. The predicted molar refractivity (Wildman–Crippen MR) is 92.6 cm³/mol. The van der Waals surface area contributed by atoms with Crippen molar-refractivity contribution in [1.82, 2.24) is 0 Å². The first-order valence-electron chi connectivity index (χ1n) is 7.17. The van der Waals surface area contributed by atoms with Gasteiger partial charge in [0.2, 0.25) is 5.91 Å². The van der Waals surface area contributed by atoms with Crippen LogP contribution in [0, 0.1) is 13.8 Å². The van der Waals surface area contributed by atoms with E-state index in [0.29, 0.717) is 5.69 Å². The molecule has 0 heterocycles. The summed E-state index contributed by atoms with van der Waals surface area (Å²) in [6.07, 6.45) is 1.15. The Kier molecular flexibility index (Phi) is 5.05. The van der Waals surface area contributed by atoms with Crippen molar-refractivity contribution < 1.29 is 13.2 Å². The molecule has 0 aliphatic rings. The number of amides is 1. The summed E-state index contributed by atoms with van der Waals surface area (Å²) in [4.78, 5) is 12.2. The maximum atomic E-state index is 11.9. The smallest absolute Gasteiger partial charge is 0.243 e. The highest BCUT2D eigenvalue weighted by atomic mass is 32.2. The van der Waals surface area contributed by atoms with Crippen LogP contribution in [-0.4, -0.2) is 27.1 Å². The fraction of sp³-hybridized carbons (Fsp3) is 0.235. The first-order chi connectivity index (χ1) is 10.8. The van der Waals surface area contributed by atoms with Crippen LogP contribution in [0.1, 0.15) is 11.1 Å². The van der Waals surface area contributed by atoms with Crippen molar-refractivity contribution in [3.8, 4) is 0 Å². The molecular formula is C17H20N2O3S. The molecule has 0 saturated carbocycles. The summed E-state index contributed by atoms with van der Waals surface area (Å²) in [6.45, 7) is 4.19. The van der Waals surface area contributed by atoms with Gasteiger partial charge in [0.15, 0.2) is 9.84 Å². The van der Waals surface area contributed by atoms with Gasteiger partial charge < -0.3 is 10.6 Å². The minimum absolute atomic E-state index is 0.135. The highest BCUT2D eigenvalue weighted by Gasteiger charge is 2.07. The average Bonchev–Trinajstić information content (AvgIpc) is 2.48. The zero-order valence-electron chi connectivity index (χ0n) is 13.4. The summed E-state index contributed by atoms with van der Waals surface area (Å²) in [7, 11) is -3.23. The fourth-order valence-corrected chi connectivity index (χ4v) is 2.65. The van der Waals surface area contributed by atoms with E-state index in [1.165, 1.54) is 17.7 Å². The molecule has 0 aliphatic carbocycles. The lowest BCUT2D eigenvalue weighted by Gasteiger charge is -2.10. The number of hydrogen-bond donors (Lipinski definition) is 2. The van der Waals surface area contributed by atoms with Gasteiger partial charge in [-0.05, 0) is 61.4 Å². The molecule has 2 aromatic rings. The molecule has 0 saturated heterocycles. The van der Waals surface area contributed by atoms with E-state index < -0.39 is 9.84 Å². The van der Waals surface area contributed by atoms with Crippen LogP contribution in [0.3, 0.4) is 0 Å². The Morgan fingerprint density at radius 2 is 1.57 bits per heavy atom. The second kappa shape index (κ2) is 6.83. The van der Waals surface area contributed by atoms with E-state index in [0.717, 1.165) is 17.5 Å². The van der Waals surface area contributed by atoms with Crippen LogP contribution in [-0.2, 0) is 14.6 Å². The van der Waals surface area contributed by atoms with Crippen LogP contribution in [0.15, 0.2) is 47.4 Å². The average molecular weight is 332 g/mol. The second-order valence-corrected chi connectivity index (χ2v) is 7.51. The Balaban J connectivity index is 1.93. The minimum Gasteiger partial charge on any atom is -0.376 e. The van der Waals surface area contributed by atoms with E-state index in [-0.39, 0.29) is 17.3 Å². The number of carbonyl (C=O) groups is 1. The van der Waals surface area contributed by atoms with Gasteiger partial charge in [-0.1, -0.05) is 6.07 Å². The van der Waals surface area contributed by atoms with Crippen molar-refractivity contribution in [3.63, 3.8) is 0 Å². The molecule has 0 atom stereocenters. The molecule has 0 aliphatic heterocycles. The summed E-state index contributed by atoms with van der Waals surface area (Å²) in [5.41, 5.74) is 3.80. The van der Waals surface area contributed by atoms with Crippen molar-refractivity contribution >= 4 is 27.1 Å². The Hall–Kier alpha value is -2.34. The second-order valence-electron chi connectivity index (χ2n) is 5.50. The molecule has 1 amide bonds. The van der Waals surface area contributed by atoms with Gasteiger partial charge in [-0.25, -0.2) is 8.42 Å². The number of nitrogens with one attached hydrogen (secondary N) is 2. The number of carbonyl (C=O) groups excluding carboxylic acids is 1. The van der Waals surface area contributed by atoms with Gasteiger partial charge in [-0.2, -0.15) is 0 Å². The van der Waals surface area contributed by atoms with Gasteiger partial charge in [0.25, 0.3) is 0 Å². The monoisotopic (exact) mass is 332 g/mol. The van der Waals surface area contributed by atoms with Gasteiger partial charge in [0.1, 0.15) is 0 Å². The van der Waals surface area contributed by atoms with E-state index in [1.54, 1.807) is 12.1 Å². The summed E-state index contributed by atoms with van der Waals surface area (Å²) < 4.78 is 22.8. The van der Waals surface area contributed by atoms with Crippen LogP contribution < -0.4 is 10.6 Å². The molecule has 0 spiro atoms. The van der Waals surface area contributed by atoms with Crippen LogP contribution in [0.5, 0.6) is 0 Å². The van der Waals surface area contributed by atoms with Gasteiger partial charge in [-0.15, -0.1) is 0 Å². The molecule has 23 heavy (non-hydrogen) atoms. The number of aryl methyl sites for hydroxylation is 2. The molecular weight excluding hydrogens is 312 g/mol. The lowest BCUT2D eigenvalue weighted by Crippen LogP contribution is -2.21. The van der Waals surface area contributed by atoms with E-state index in [9.17, 15) is 13.2 Å². The molecule has 0 radical (unpaired) electrons. The predicted octanol–water partition coefficient (Wildman–Crippen LogP) is 2.76. The molecule has 2 N–H and O–H groups in total. The third-order valence-electron chi connectivity index (χ3n) is 3.53. The molecule has 0 unspecified atom stereocenters. The maximum Gasteiger partial charge on any atom is 0.243 e. The van der Waals surface area contributed by atoms with Crippen LogP contribution in [0.2, 0.25) is 0 Å². The highest BCUT2D eigenvalue weighted by Crippen LogP contribution is 2.15. The maximum absolute atomic E-state index is 11.9. The first-order valence-corrected chi connectivity index (χ1v) is 9.06. The summed E-state index contributed by atoms with van der Waals surface area (Å²) in [5, 5.41) is 5.78. The van der Waals surface area contributed by atoms with Crippen LogP contribution in [0.4, 0.5) is 11.4 Å². The topological polar surface area (TPSA) is 75.3 Å². The summed E-state index contributed by atoms with van der Waals surface area (Å²) >= 11 is 0. The molecule has 2 rings (SSSR count). The van der Waals surface area contributed by atoms with Crippen molar-refractivity contribution in [2.45, 2.75) is 18.7 Å². The lowest BCUT2D eigenvalue weighted by atomic mass is 10.1. The number of benzene rings is 2. The highest BCUT2D eigenvalue weighted by molar-refractivity contribution is 7.90. The molecule has 122 valence electrons. The van der Waals surface area contributed by atoms with E-state index in [1.807, 2.05) is 32.0 Å². The zero-order valence-corrected chi connectivity index (χ0v) is 14.2. The molecule has 6 heteroatoms. The SMILES string of the molecule is Cc1ccc(NCC(=O)Nc2ccc(S(C)(=O)=O)cc2)cc1C. The van der Waals surface area contributed by atoms with E-state index >= 15 is 0 Å². The van der Waals surface area contributed by atoms with Gasteiger partial charge in [0.05, 0.1) is 11.4 Å². The first kappa shape index (κ1) is 17.0. The third-order valence-corrected chi connectivity index (χ3v) is 4.65. The lowest BCUT2D eigenvalue weighted by molar-refractivity contribution is -0.114. The normalized spacial score (nSPS) is 11.1. The van der Waals surface area contributed by atoms with Gasteiger partial charge in [-0.3, -0.25) is 4.79 Å². The molecule has 0 fully saturated rings. The number of rotatable bonds is 5. The van der Waals surface area contributed by atoms with Crippen molar-refractivity contribution in [1.29, 1.82) is 0 Å². The van der Waals surface area contributed by atoms with Crippen molar-refractivity contribution in [3.05, 3.63) is 53.6 Å². The standard InChI is InChI=1S/C17H20N2O3S/c1-12-4-5-15(10-13(12)2)18-11-17(20)19-14-6-8-16(9-7-14)23(3,21)22/h4-10,18H,11H2,1-3H3,(H,19,20). The molecule has 0 bridgehead atoms. The number of hydrogen-bond acceptors (Lipinski definition) is 4. The molecule has 0 aromatic heterocycles. The molecule has 2 aromatic carbocycles. The quantitative estimate of drug-likeness (QED) is 0.883. The Bertz CT molecular complexity index is 812. The Morgan fingerprint density at radius 1 is 0.957 bits per heavy atom. The van der Waals surface area contributed by atoms with Crippen molar-refractivity contribution in [2.75, 3.05) is 23.4 Å². The number of anilines is 2. The van der Waals surface area contributed by atoms with Crippen LogP contribution >= 0.6 is 0 Å². The summed E-state index contributed by atoms with van der Waals surface area (Å²) in [5.74, 6) is -0.199. The largest absolute Gasteiger partial charge is 0.376 e. The molecule has 5 nitrogen and oxygen atoms in total. The van der Waals surface area contributed by atoms with E-state index in [2.05, 4.69) is 10.6 Å². The Labute approximate surface area is 136 Å².